The minimum atomic E-state index is 0.287. The molecule has 0 rings (SSSR count). The first-order valence-electron chi connectivity index (χ1n) is 5.80. The van der Waals surface area contributed by atoms with Crippen molar-refractivity contribution >= 4 is 11.6 Å². The van der Waals surface area contributed by atoms with Crippen molar-refractivity contribution in [2.45, 2.75) is 60.8 Å². The van der Waals surface area contributed by atoms with Crippen molar-refractivity contribution in [3.63, 3.8) is 0 Å². The fourth-order valence-corrected chi connectivity index (χ4v) is 1.17. The maximum Gasteiger partial charge on any atom is 0.132 e. The molecule has 2 heteroatoms. The number of ketones is 2. The van der Waals surface area contributed by atoms with Gasteiger partial charge in [0.1, 0.15) is 11.6 Å². The normalized spacial score (nSPS) is 9.87. The molecular weight excluding hydrogens is 188 g/mol. The minimum absolute atomic E-state index is 0.287. The fourth-order valence-electron chi connectivity index (χ4n) is 1.17. The quantitative estimate of drug-likeness (QED) is 0.700. The highest BCUT2D eigenvalue weighted by atomic mass is 16.1. The van der Waals surface area contributed by atoms with Crippen LogP contribution in [0.15, 0.2) is 0 Å². The van der Waals surface area contributed by atoms with Crippen LogP contribution in [-0.2, 0) is 9.59 Å². The molecule has 0 bridgehead atoms. The molecule has 90 valence electrons. The standard InChI is InChI=1S/C7H14O.C6H12O/c1-4-7(8)5-6(2)3;1-5(2)4-6(3)7/h6H,4-5H2,1-3H3;5H,4H2,1-3H3. The monoisotopic (exact) mass is 214 g/mol. The van der Waals surface area contributed by atoms with Gasteiger partial charge >= 0.3 is 0 Å². The van der Waals surface area contributed by atoms with E-state index < -0.39 is 0 Å². The van der Waals surface area contributed by atoms with E-state index in [4.69, 9.17) is 0 Å². The van der Waals surface area contributed by atoms with Crippen molar-refractivity contribution in [1.29, 1.82) is 0 Å². The number of rotatable bonds is 5. The van der Waals surface area contributed by atoms with Crippen LogP contribution in [0.3, 0.4) is 0 Å². The summed E-state index contributed by atoms with van der Waals surface area (Å²) in [6, 6.07) is 0. The van der Waals surface area contributed by atoms with Gasteiger partial charge in [0.25, 0.3) is 0 Å². The molecule has 0 fully saturated rings. The summed E-state index contributed by atoms with van der Waals surface area (Å²) in [4.78, 5) is 20.9. The highest BCUT2D eigenvalue weighted by Crippen LogP contribution is 2.01. The zero-order valence-corrected chi connectivity index (χ0v) is 11.1. The molecule has 0 unspecified atom stereocenters. The molecule has 0 spiro atoms. The van der Waals surface area contributed by atoms with Crippen LogP contribution >= 0.6 is 0 Å². The number of carbonyl (C=O) groups is 2. The predicted molar refractivity (Wildman–Crippen MR) is 64.9 cm³/mol. The number of carbonyl (C=O) groups excluding carboxylic acids is 2. The van der Waals surface area contributed by atoms with E-state index in [-0.39, 0.29) is 5.78 Å². The SMILES string of the molecule is CC(=O)CC(C)C.CCC(=O)CC(C)C. The third-order valence-corrected chi connectivity index (χ3v) is 1.73. The summed E-state index contributed by atoms with van der Waals surface area (Å²) in [6.07, 6.45) is 2.16. The summed E-state index contributed by atoms with van der Waals surface area (Å²) in [5.74, 6) is 1.72. The Kier molecular flexibility index (Phi) is 11.0. The molecule has 0 saturated heterocycles. The highest BCUT2D eigenvalue weighted by molar-refractivity contribution is 5.78. The predicted octanol–water partition coefficient (Wildman–Crippen LogP) is 3.63. The molecule has 0 aromatic carbocycles. The second-order valence-electron chi connectivity index (χ2n) is 4.79. The molecule has 0 radical (unpaired) electrons. The molecule has 2 nitrogen and oxygen atoms in total. The molecule has 0 aliphatic carbocycles. The molecule has 0 atom stereocenters. The van der Waals surface area contributed by atoms with Crippen LogP contribution in [0.4, 0.5) is 0 Å². The summed E-state index contributed by atoms with van der Waals surface area (Å²) in [5, 5.41) is 0. The number of Topliss-reactive ketones (excluding diaryl/α,β-unsaturated/α-hetero) is 2. The smallest absolute Gasteiger partial charge is 0.132 e. The van der Waals surface area contributed by atoms with E-state index in [1.54, 1.807) is 6.92 Å². The van der Waals surface area contributed by atoms with Crippen LogP contribution in [-0.4, -0.2) is 11.6 Å². The third kappa shape index (κ3) is 19.7. The number of hydrogen-bond donors (Lipinski definition) is 0. The molecule has 0 aromatic heterocycles. The molecule has 0 heterocycles. The minimum Gasteiger partial charge on any atom is -0.300 e. The average molecular weight is 214 g/mol. The Morgan fingerprint density at radius 1 is 0.933 bits per heavy atom. The van der Waals surface area contributed by atoms with Crippen LogP contribution in [0, 0.1) is 11.8 Å². The fraction of sp³-hybridized carbons (Fsp3) is 0.846. The summed E-state index contributed by atoms with van der Waals surface area (Å²) in [6.45, 7) is 11.7. The summed E-state index contributed by atoms with van der Waals surface area (Å²) < 4.78 is 0. The summed E-state index contributed by atoms with van der Waals surface area (Å²) in [7, 11) is 0. The summed E-state index contributed by atoms with van der Waals surface area (Å²) >= 11 is 0. The van der Waals surface area contributed by atoms with Gasteiger partial charge in [-0.15, -0.1) is 0 Å². The van der Waals surface area contributed by atoms with E-state index in [2.05, 4.69) is 13.8 Å². The van der Waals surface area contributed by atoms with Gasteiger partial charge < -0.3 is 4.79 Å². The lowest BCUT2D eigenvalue weighted by molar-refractivity contribution is -0.119. The van der Waals surface area contributed by atoms with Gasteiger partial charge in [-0.25, -0.2) is 0 Å². The maximum atomic E-state index is 10.6. The zero-order valence-electron chi connectivity index (χ0n) is 11.1. The number of hydrogen-bond acceptors (Lipinski definition) is 2. The molecule has 0 aliphatic heterocycles. The van der Waals surface area contributed by atoms with Crippen LogP contribution in [0.25, 0.3) is 0 Å². The molecule has 0 N–H and O–H groups in total. The lowest BCUT2D eigenvalue weighted by Crippen LogP contribution is -1.99. The molecular formula is C13H26O2. The first kappa shape index (κ1) is 16.8. The summed E-state index contributed by atoms with van der Waals surface area (Å²) in [5.41, 5.74) is 0. The van der Waals surface area contributed by atoms with Crippen LogP contribution in [0.2, 0.25) is 0 Å². The van der Waals surface area contributed by atoms with Gasteiger partial charge in [0.2, 0.25) is 0 Å². The molecule has 0 aromatic rings. The molecule has 0 aliphatic rings. The van der Waals surface area contributed by atoms with Crippen molar-refractivity contribution in [3.05, 3.63) is 0 Å². The molecule has 15 heavy (non-hydrogen) atoms. The lowest BCUT2D eigenvalue weighted by atomic mass is 10.1. The van der Waals surface area contributed by atoms with Gasteiger partial charge in [0.05, 0.1) is 0 Å². The van der Waals surface area contributed by atoms with Gasteiger partial charge in [0, 0.05) is 19.3 Å². The van der Waals surface area contributed by atoms with E-state index in [1.807, 2.05) is 20.8 Å². The highest BCUT2D eigenvalue weighted by Gasteiger charge is 1.99. The van der Waals surface area contributed by atoms with E-state index in [0.717, 1.165) is 12.8 Å². The van der Waals surface area contributed by atoms with E-state index in [0.29, 0.717) is 24.0 Å². The van der Waals surface area contributed by atoms with Crippen molar-refractivity contribution < 1.29 is 9.59 Å². The first-order chi connectivity index (χ1) is 6.79. The maximum absolute atomic E-state index is 10.6. The van der Waals surface area contributed by atoms with Crippen LogP contribution < -0.4 is 0 Å². The second kappa shape index (κ2) is 9.88. The second-order valence-corrected chi connectivity index (χ2v) is 4.79. The Morgan fingerprint density at radius 3 is 1.40 bits per heavy atom. The van der Waals surface area contributed by atoms with Crippen molar-refractivity contribution in [2.75, 3.05) is 0 Å². The van der Waals surface area contributed by atoms with Crippen molar-refractivity contribution in [2.24, 2.45) is 11.8 Å². The van der Waals surface area contributed by atoms with Crippen molar-refractivity contribution in [1.82, 2.24) is 0 Å². The van der Waals surface area contributed by atoms with Crippen LogP contribution in [0.5, 0.6) is 0 Å². The van der Waals surface area contributed by atoms with E-state index in [1.165, 1.54) is 0 Å². The zero-order chi connectivity index (χ0) is 12.4. The Morgan fingerprint density at radius 2 is 1.33 bits per heavy atom. The first-order valence-corrected chi connectivity index (χ1v) is 5.80. The largest absolute Gasteiger partial charge is 0.300 e. The van der Waals surface area contributed by atoms with Gasteiger partial charge in [-0.2, -0.15) is 0 Å². The Labute approximate surface area is 94.4 Å². The van der Waals surface area contributed by atoms with E-state index in [9.17, 15) is 9.59 Å². The van der Waals surface area contributed by atoms with Gasteiger partial charge in [-0.1, -0.05) is 34.6 Å². The Bertz CT molecular complexity index is 181. The Hall–Kier alpha value is -0.660. The van der Waals surface area contributed by atoms with Gasteiger partial charge in [-0.3, -0.25) is 4.79 Å². The van der Waals surface area contributed by atoms with E-state index >= 15 is 0 Å². The Balaban J connectivity index is 0. The van der Waals surface area contributed by atoms with Crippen molar-refractivity contribution in [3.8, 4) is 0 Å². The van der Waals surface area contributed by atoms with Gasteiger partial charge in [-0.05, 0) is 18.8 Å². The lowest BCUT2D eigenvalue weighted by Gasteiger charge is -1.98. The molecule has 0 amide bonds. The average Bonchev–Trinajstić information content (AvgIpc) is 2.01. The van der Waals surface area contributed by atoms with Gasteiger partial charge in [0.15, 0.2) is 0 Å². The molecule has 0 saturated carbocycles. The third-order valence-electron chi connectivity index (χ3n) is 1.73. The van der Waals surface area contributed by atoms with Crippen LogP contribution in [0.1, 0.15) is 60.8 Å². The topological polar surface area (TPSA) is 34.1 Å².